The molecule has 0 fully saturated rings. The number of rotatable bonds is 5. The van der Waals surface area contributed by atoms with Crippen LogP contribution in [0.1, 0.15) is 30.3 Å². The number of carbonyl (C=O) groups is 2. The van der Waals surface area contributed by atoms with Gasteiger partial charge in [-0.2, -0.15) is 9.78 Å². The predicted octanol–water partition coefficient (Wildman–Crippen LogP) is 1.54. The van der Waals surface area contributed by atoms with Gasteiger partial charge in [0.05, 0.1) is 12.8 Å². The fourth-order valence-corrected chi connectivity index (χ4v) is 4.23. The molecule has 1 aromatic carbocycles. The van der Waals surface area contributed by atoms with Gasteiger partial charge in [0.25, 0.3) is 0 Å². The van der Waals surface area contributed by atoms with Crippen LogP contribution >= 0.6 is 0 Å². The molecule has 0 unspecified atom stereocenters. The predicted molar refractivity (Wildman–Crippen MR) is 98.3 cm³/mol. The highest BCUT2D eigenvalue weighted by Gasteiger charge is 2.27. The van der Waals surface area contributed by atoms with Gasteiger partial charge in [0.15, 0.2) is 0 Å². The molecule has 1 aliphatic rings. The van der Waals surface area contributed by atoms with Crippen molar-refractivity contribution in [3.05, 3.63) is 23.9 Å². The van der Waals surface area contributed by atoms with Gasteiger partial charge in [-0.05, 0) is 24.6 Å². The molecule has 0 aliphatic carbocycles. The number of hydrogen-bond acceptors (Lipinski definition) is 6. The number of aromatic nitrogens is 2. The Hall–Kier alpha value is -2.72. The number of hydrogen-bond donors (Lipinski definition) is 2. The maximum atomic E-state index is 12.5. The molecule has 10 heteroatoms. The number of amides is 1. The van der Waals surface area contributed by atoms with Gasteiger partial charge in [-0.1, -0.05) is 13.0 Å². The molecule has 0 atom stereocenters. The van der Waals surface area contributed by atoms with Crippen molar-refractivity contribution < 1.29 is 22.7 Å². The summed E-state index contributed by atoms with van der Waals surface area (Å²) < 4.78 is 33.8. The number of fused-ring (bicyclic) bond motifs is 1. The highest BCUT2D eigenvalue weighted by atomic mass is 32.2. The average Bonchev–Trinajstić information content (AvgIpc) is 2.88. The zero-order valence-corrected chi connectivity index (χ0v) is 16.0. The first-order valence-corrected chi connectivity index (χ1v) is 9.87. The molecule has 9 nitrogen and oxygen atoms in total. The van der Waals surface area contributed by atoms with Gasteiger partial charge in [-0.15, -0.1) is 0 Å². The van der Waals surface area contributed by atoms with Crippen LogP contribution in [0, 0.1) is 6.92 Å². The lowest BCUT2D eigenvalue weighted by Crippen LogP contribution is -2.23. The lowest BCUT2D eigenvalue weighted by atomic mass is 10.1. The van der Waals surface area contributed by atoms with Gasteiger partial charge in [-0.25, -0.2) is 13.1 Å². The first kappa shape index (κ1) is 19.1. The van der Waals surface area contributed by atoms with Crippen molar-refractivity contribution in [3.8, 4) is 16.9 Å². The summed E-state index contributed by atoms with van der Waals surface area (Å²) in [7, 11) is -2.40. The molecule has 144 valence electrons. The van der Waals surface area contributed by atoms with Crippen LogP contribution in [0.3, 0.4) is 0 Å². The highest BCUT2D eigenvalue weighted by molar-refractivity contribution is 7.89. The largest absolute Gasteiger partial charge is 0.495 e. The smallest absolute Gasteiger partial charge is 0.249 e. The molecule has 2 aromatic rings. The van der Waals surface area contributed by atoms with E-state index in [4.69, 9.17) is 4.74 Å². The lowest BCUT2D eigenvalue weighted by molar-refractivity contribution is -0.116. The fraction of sp³-hybridized carbons (Fsp3) is 0.353. The van der Waals surface area contributed by atoms with Crippen molar-refractivity contribution >= 4 is 27.7 Å². The van der Waals surface area contributed by atoms with Crippen molar-refractivity contribution in [2.45, 2.75) is 31.6 Å². The number of aryl methyl sites for hydroxylation is 1. The molecule has 0 radical (unpaired) electrons. The number of methoxy groups -OCH3 is 1. The highest BCUT2D eigenvalue weighted by Crippen LogP contribution is 2.36. The van der Waals surface area contributed by atoms with Crippen molar-refractivity contribution in [3.63, 3.8) is 0 Å². The third-order valence-corrected chi connectivity index (χ3v) is 5.76. The summed E-state index contributed by atoms with van der Waals surface area (Å²) in [5.74, 6) is -0.156. The van der Waals surface area contributed by atoms with Crippen molar-refractivity contribution in [2.75, 3.05) is 19.0 Å². The van der Waals surface area contributed by atoms with E-state index in [1.54, 1.807) is 19.9 Å². The summed E-state index contributed by atoms with van der Waals surface area (Å²) in [4.78, 5) is 24.2. The molecule has 0 spiro atoms. The van der Waals surface area contributed by atoms with Gasteiger partial charge in [0.2, 0.25) is 21.8 Å². The summed E-state index contributed by atoms with van der Waals surface area (Å²) in [6, 6.07) is 4.64. The standard InChI is InChI=1S/C17H20N4O5S/c1-4-18-27(24,25)13-9-11(5-6-12(13)26-3)16-10(2)20-21-15(23)8-7-14(22)19-17(16)21/h5-6,9,18H,4,7-8H2,1-3H3,(H,19,22). The van der Waals surface area contributed by atoms with Crippen molar-refractivity contribution in [2.24, 2.45) is 0 Å². The van der Waals surface area contributed by atoms with Gasteiger partial charge < -0.3 is 10.1 Å². The molecule has 1 aliphatic heterocycles. The molecule has 0 bridgehead atoms. The van der Waals surface area contributed by atoms with Crippen molar-refractivity contribution in [1.29, 1.82) is 0 Å². The van der Waals surface area contributed by atoms with E-state index in [0.29, 0.717) is 16.8 Å². The van der Waals surface area contributed by atoms with E-state index in [2.05, 4.69) is 15.1 Å². The van der Waals surface area contributed by atoms with Crippen LogP contribution < -0.4 is 14.8 Å². The molecule has 0 saturated carbocycles. The number of ether oxygens (including phenoxy) is 1. The third kappa shape index (κ3) is 3.45. The Balaban J connectivity index is 2.21. The number of sulfonamides is 1. The van der Waals surface area contributed by atoms with Crippen LogP contribution in [-0.2, 0) is 14.8 Å². The Morgan fingerprint density at radius 2 is 2.04 bits per heavy atom. The molecular weight excluding hydrogens is 372 g/mol. The second kappa shape index (κ2) is 7.12. The monoisotopic (exact) mass is 392 g/mol. The number of anilines is 1. The number of nitrogens with zero attached hydrogens (tertiary/aromatic N) is 2. The van der Waals surface area contributed by atoms with Crippen LogP contribution in [0.15, 0.2) is 23.1 Å². The molecule has 27 heavy (non-hydrogen) atoms. The third-order valence-electron chi connectivity index (χ3n) is 4.20. The molecule has 2 heterocycles. The minimum Gasteiger partial charge on any atom is -0.495 e. The Labute approximate surface area is 156 Å². The van der Waals surface area contributed by atoms with E-state index >= 15 is 0 Å². The van der Waals surface area contributed by atoms with Crippen LogP contribution in [0.4, 0.5) is 5.82 Å². The van der Waals surface area contributed by atoms with Gasteiger partial charge in [0.1, 0.15) is 16.5 Å². The molecule has 1 aromatic heterocycles. The van der Waals surface area contributed by atoms with E-state index < -0.39 is 10.0 Å². The topological polar surface area (TPSA) is 119 Å². The molecule has 0 saturated heterocycles. The zero-order chi connectivity index (χ0) is 19.8. The first-order valence-electron chi connectivity index (χ1n) is 8.39. The molecule has 3 rings (SSSR count). The Morgan fingerprint density at radius 1 is 1.30 bits per heavy atom. The van der Waals surface area contributed by atoms with Crippen molar-refractivity contribution in [1.82, 2.24) is 14.5 Å². The summed E-state index contributed by atoms with van der Waals surface area (Å²) in [6.45, 7) is 3.60. The summed E-state index contributed by atoms with van der Waals surface area (Å²) in [5, 5.41) is 6.93. The number of nitrogens with one attached hydrogen (secondary N) is 2. The fourth-order valence-electron chi connectivity index (χ4n) is 3.00. The quantitative estimate of drug-likeness (QED) is 0.796. The van der Waals surface area contributed by atoms with Crippen LogP contribution in [0.5, 0.6) is 5.75 Å². The zero-order valence-electron chi connectivity index (χ0n) is 15.2. The summed E-state index contributed by atoms with van der Waals surface area (Å²) in [6.07, 6.45) is 0.130. The Morgan fingerprint density at radius 3 is 2.70 bits per heavy atom. The number of benzene rings is 1. The van der Waals surface area contributed by atoms with Crippen LogP contribution in [0.25, 0.3) is 11.1 Å². The Bertz CT molecular complexity index is 1030. The second-order valence-electron chi connectivity index (χ2n) is 6.03. The van der Waals surface area contributed by atoms with Gasteiger partial charge >= 0.3 is 0 Å². The van der Waals surface area contributed by atoms with E-state index in [0.717, 1.165) is 4.68 Å². The van der Waals surface area contributed by atoms with Gasteiger partial charge in [0, 0.05) is 24.9 Å². The first-order chi connectivity index (χ1) is 12.8. The van der Waals surface area contributed by atoms with E-state index in [1.807, 2.05) is 0 Å². The van der Waals surface area contributed by atoms with E-state index in [9.17, 15) is 18.0 Å². The van der Waals surface area contributed by atoms with E-state index in [-0.39, 0.29) is 47.7 Å². The normalized spacial score (nSPS) is 14.5. The molecule has 1 amide bonds. The molecule has 2 N–H and O–H groups in total. The number of carbonyl (C=O) groups excluding carboxylic acids is 2. The second-order valence-corrected chi connectivity index (χ2v) is 7.77. The van der Waals surface area contributed by atoms with Crippen LogP contribution in [-0.4, -0.2) is 43.7 Å². The minimum absolute atomic E-state index is 0.0324. The average molecular weight is 392 g/mol. The summed E-state index contributed by atoms with van der Waals surface area (Å²) >= 11 is 0. The SMILES string of the molecule is CCNS(=O)(=O)c1cc(-c2c(C)nn3c2NC(=O)CCC3=O)ccc1OC. The molecular formula is C17H20N4O5S. The maximum Gasteiger partial charge on any atom is 0.249 e. The maximum absolute atomic E-state index is 12.5. The van der Waals surface area contributed by atoms with Gasteiger partial charge in [-0.3, -0.25) is 9.59 Å². The minimum atomic E-state index is -3.79. The summed E-state index contributed by atoms with van der Waals surface area (Å²) in [5.41, 5.74) is 1.49. The lowest BCUT2D eigenvalue weighted by Gasteiger charge is -2.13. The van der Waals surface area contributed by atoms with Crippen LogP contribution in [0.2, 0.25) is 0 Å². The van der Waals surface area contributed by atoms with E-state index in [1.165, 1.54) is 19.2 Å². The Kier molecular flexibility index (Phi) is 5.03.